The van der Waals surface area contributed by atoms with Gasteiger partial charge in [0, 0.05) is 9.13 Å². The lowest BCUT2D eigenvalue weighted by Crippen LogP contribution is -2.29. The summed E-state index contributed by atoms with van der Waals surface area (Å²) in [6, 6.07) is 17.5. The molecule has 1 aromatic heterocycles. The standard InChI is InChI=1S/C27H21IN2O4S/c1-14-12-15(2)22-20(13-14)35-27(29-22)30-23(16-4-8-18(28)9-5-16)21(25(32)26(30)33)24(31)17-6-10-19(34-3)11-7-17/h4-13,23,31H,1-3H3. The molecular weight excluding hydrogens is 575 g/mol. The number of halogens is 1. The van der Waals surface area contributed by atoms with Gasteiger partial charge in [-0.2, -0.15) is 0 Å². The Labute approximate surface area is 220 Å². The van der Waals surface area contributed by atoms with Crippen molar-refractivity contribution in [2.45, 2.75) is 19.9 Å². The molecule has 1 fully saturated rings. The fourth-order valence-corrected chi connectivity index (χ4v) is 5.88. The normalized spacial score (nSPS) is 17.4. The predicted molar refractivity (Wildman–Crippen MR) is 146 cm³/mol. The number of nitrogens with zero attached hydrogens (tertiary/aromatic N) is 2. The molecule has 1 atom stereocenters. The highest BCUT2D eigenvalue weighted by Gasteiger charge is 2.48. The topological polar surface area (TPSA) is 79.7 Å². The van der Waals surface area contributed by atoms with Gasteiger partial charge in [-0.05, 0) is 95.6 Å². The zero-order valence-electron chi connectivity index (χ0n) is 19.2. The highest BCUT2D eigenvalue weighted by molar-refractivity contribution is 14.1. The number of thiazole rings is 1. The maximum atomic E-state index is 13.4. The zero-order valence-corrected chi connectivity index (χ0v) is 22.2. The molecule has 1 aliphatic rings. The van der Waals surface area contributed by atoms with E-state index in [1.807, 2.05) is 50.2 Å². The van der Waals surface area contributed by atoms with Gasteiger partial charge in [-0.15, -0.1) is 0 Å². The van der Waals surface area contributed by atoms with Gasteiger partial charge >= 0.3 is 5.91 Å². The number of methoxy groups -OCH3 is 1. The Kier molecular flexibility index (Phi) is 6.10. The van der Waals surface area contributed by atoms with E-state index in [9.17, 15) is 14.7 Å². The number of aromatic nitrogens is 1. The second-order valence-corrected chi connectivity index (χ2v) is 10.6. The summed E-state index contributed by atoms with van der Waals surface area (Å²) in [5, 5.41) is 11.7. The third kappa shape index (κ3) is 4.10. The Morgan fingerprint density at radius 1 is 1.06 bits per heavy atom. The van der Waals surface area contributed by atoms with Crippen molar-refractivity contribution in [2.75, 3.05) is 12.0 Å². The molecule has 0 aliphatic carbocycles. The van der Waals surface area contributed by atoms with Crippen molar-refractivity contribution >= 4 is 66.7 Å². The van der Waals surface area contributed by atoms with Gasteiger partial charge in [-0.3, -0.25) is 14.5 Å². The van der Waals surface area contributed by atoms with Gasteiger partial charge in [0.25, 0.3) is 5.78 Å². The first-order valence-corrected chi connectivity index (χ1v) is 12.8. The van der Waals surface area contributed by atoms with E-state index in [1.54, 1.807) is 31.4 Å². The molecule has 1 aliphatic heterocycles. The number of carbonyl (C=O) groups excluding carboxylic acids is 2. The maximum absolute atomic E-state index is 13.4. The molecule has 35 heavy (non-hydrogen) atoms. The van der Waals surface area contributed by atoms with E-state index in [1.165, 1.54) is 16.2 Å². The first kappa shape index (κ1) is 23.5. The third-order valence-electron chi connectivity index (χ3n) is 6.02. The summed E-state index contributed by atoms with van der Waals surface area (Å²) in [5.74, 6) is -1.06. The van der Waals surface area contributed by atoms with Gasteiger partial charge in [-0.1, -0.05) is 29.5 Å². The Morgan fingerprint density at radius 2 is 1.74 bits per heavy atom. The maximum Gasteiger partial charge on any atom is 0.301 e. The summed E-state index contributed by atoms with van der Waals surface area (Å²) in [6.45, 7) is 3.99. The number of aryl methyl sites for hydroxylation is 2. The lowest BCUT2D eigenvalue weighted by Gasteiger charge is -2.23. The minimum absolute atomic E-state index is 0.0357. The molecule has 1 unspecified atom stereocenters. The highest BCUT2D eigenvalue weighted by Crippen LogP contribution is 2.44. The van der Waals surface area contributed by atoms with Gasteiger partial charge in [0.05, 0.1) is 28.9 Å². The molecule has 0 radical (unpaired) electrons. The molecule has 5 rings (SSSR count). The quantitative estimate of drug-likeness (QED) is 0.132. The van der Waals surface area contributed by atoms with Crippen LogP contribution in [0.1, 0.15) is 28.3 Å². The van der Waals surface area contributed by atoms with Crippen molar-refractivity contribution in [1.82, 2.24) is 4.98 Å². The molecule has 0 bridgehead atoms. The van der Waals surface area contributed by atoms with Crippen LogP contribution in [-0.4, -0.2) is 28.9 Å². The third-order valence-corrected chi connectivity index (χ3v) is 7.74. The van der Waals surface area contributed by atoms with E-state index < -0.39 is 17.7 Å². The molecule has 6 nitrogen and oxygen atoms in total. The number of ether oxygens (including phenoxy) is 1. The number of rotatable bonds is 4. The van der Waals surface area contributed by atoms with E-state index in [4.69, 9.17) is 9.72 Å². The van der Waals surface area contributed by atoms with Crippen molar-refractivity contribution < 1.29 is 19.4 Å². The van der Waals surface area contributed by atoms with Crippen molar-refractivity contribution in [2.24, 2.45) is 0 Å². The Hall–Kier alpha value is -3.24. The van der Waals surface area contributed by atoms with E-state index >= 15 is 0 Å². The number of Topliss-reactive ketones (excluding diaryl/α,β-unsaturated/α-hetero) is 1. The highest BCUT2D eigenvalue weighted by atomic mass is 127. The van der Waals surface area contributed by atoms with Crippen LogP contribution in [0.2, 0.25) is 0 Å². The van der Waals surface area contributed by atoms with Crippen molar-refractivity contribution in [1.29, 1.82) is 0 Å². The van der Waals surface area contributed by atoms with E-state index in [-0.39, 0.29) is 11.3 Å². The minimum Gasteiger partial charge on any atom is -0.507 e. The minimum atomic E-state index is -0.809. The van der Waals surface area contributed by atoms with Crippen LogP contribution in [0.3, 0.4) is 0 Å². The number of carbonyl (C=O) groups is 2. The fraction of sp³-hybridized carbons (Fsp3) is 0.148. The molecule has 2 heterocycles. The number of ketones is 1. The van der Waals surface area contributed by atoms with Gasteiger partial charge in [0.1, 0.15) is 11.5 Å². The van der Waals surface area contributed by atoms with Gasteiger partial charge in [0.2, 0.25) is 0 Å². The average Bonchev–Trinajstić information content (AvgIpc) is 3.38. The number of amides is 1. The van der Waals surface area contributed by atoms with Crippen LogP contribution < -0.4 is 9.64 Å². The summed E-state index contributed by atoms with van der Waals surface area (Å²) in [7, 11) is 1.55. The molecule has 1 saturated heterocycles. The molecule has 4 aromatic rings. The van der Waals surface area contributed by atoms with Crippen LogP contribution in [0.5, 0.6) is 5.75 Å². The predicted octanol–water partition coefficient (Wildman–Crippen LogP) is 6.15. The molecule has 3 aromatic carbocycles. The molecule has 1 amide bonds. The monoisotopic (exact) mass is 596 g/mol. The lowest BCUT2D eigenvalue weighted by molar-refractivity contribution is -0.132. The lowest BCUT2D eigenvalue weighted by atomic mass is 9.95. The Balaban J connectivity index is 1.72. The fourth-order valence-electron chi connectivity index (χ4n) is 4.36. The number of hydrogen-bond donors (Lipinski definition) is 1. The first-order valence-electron chi connectivity index (χ1n) is 10.9. The van der Waals surface area contributed by atoms with Crippen LogP contribution >= 0.6 is 33.9 Å². The number of aliphatic hydroxyl groups excluding tert-OH is 1. The Bertz CT molecular complexity index is 1510. The van der Waals surface area contributed by atoms with Crippen molar-refractivity contribution in [3.8, 4) is 5.75 Å². The van der Waals surface area contributed by atoms with Crippen LogP contribution in [0.25, 0.3) is 16.0 Å². The number of anilines is 1. The average molecular weight is 596 g/mol. The molecular formula is C27H21IN2O4S. The number of aliphatic hydroxyl groups is 1. The molecule has 176 valence electrons. The summed E-state index contributed by atoms with van der Waals surface area (Å²) >= 11 is 3.57. The van der Waals surface area contributed by atoms with Crippen LogP contribution in [-0.2, 0) is 9.59 Å². The number of benzene rings is 3. The van der Waals surface area contributed by atoms with Crippen LogP contribution in [0.15, 0.2) is 66.2 Å². The van der Waals surface area contributed by atoms with Crippen LogP contribution in [0, 0.1) is 17.4 Å². The Morgan fingerprint density at radius 3 is 2.40 bits per heavy atom. The molecule has 0 spiro atoms. The van der Waals surface area contributed by atoms with Crippen molar-refractivity contribution in [3.63, 3.8) is 0 Å². The molecule has 1 N–H and O–H groups in total. The second kappa shape index (κ2) is 9.09. The van der Waals surface area contributed by atoms with Gasteiger partial charge < -0.3 is 9.84 Å². The number of fused-ring (bicyclic) bond motifs is 1. The first-order chi connectivity index (χ1) is 16.8. The van der Waals surface area contributed by atoms with E-state index in [0.29, 0.717) is 22.0 Å². The van der Waals surface area contributed by atoms with E-state index in [2.05, 4.69) is 22.6 Å². The number of hydrogen-bond acceptors (Lipinski definition) is 6. The summed E-state index contributed by atoms with van der Waals surface area (Å²) in [6.07, 6.45) is 0. The smallest absolute Gasteiger partial charge is 0.301 e. The SMILES string of the molecule is COc1ccc(C(O)=C2C(=O)C(=O)N(c3nc4c(C)cc(C)cc4s3)C2c2ccc(I)cc2)cc1. The zero-order chi connectivity index (χ0) is 24.9. The van der Waals surface area contributed by atoms with Crippen LogP contribution in [0.4, 0.5) is 5.13 Å². The summed E-state index contributed by atoms with van der Waals surface area (Å²) in [4.78, 5) is 32.9. The molecule has 8 heteroatoms. The second-order valence-electron chi connectivity index (χ2n) is 8.37. The van der Waals surface area contributed by atoms with Crippen molar-refractivity contribution in [3.05, 3.63) is 92.1 Å². The molecule has 0 saturated carbocycles. The summed E-state index contributed by atoms with van der Waals surface area (Å²) < 4.78 is 7.16. The van der Waals surface area contributed by atoms with Gasteiger partial charge in [0.15, 0.2) is 5.13 Å². The largest absolute Gasteiger partial charge is 0.507 e. The summed E-state index contributed by atoms with van der Waals surface area (Å²) in [5.41, 5.74) is 4.08. The van der Waals surface area contributed by atoms with E-state index in [0.717, 1.165) is 24.9 Å². The van der Waals surface area contributed by atoms with Gasteiger partial charge in [-0.25, -0.2) is 4.98 Å².